The quantitative estimate of drug-likeness (QED) is 0.317. The van der Waals surface area contributed by atoms with Crippen molar-refractivity contribution in [3.05, 3.63) is 69.8 Å². The fourth-order valence-corrected chi connectivity index (χ4v) is 4.91. The van der Waals surface area contributed by atoms with Gasteiger partial charge in [-0.3, -0.25) is 14.9 Å². The van der Waals surface area contributed by atoms with Gasteiger partial charge in [0.05, 0.1) is 47.3 Å². The lowest BCUT2D eigenvalue weighted by molar-refractivity contribution is -0.384. The molecule has 2 unspecified atom stereocenters. The third kappa shape index (κ3) is 5.40. The first kappa shape index (κ1) is 25.3. The Hall–Kier alpha value is -3.37. The molecule has 0 radical (unpaired) electrons. The molecule has 2 aromatic rings. The summed E-state index contributed by atoms with van der Waals surface area (Å²) in [6.45, 7) is 3.58. The van der Waals surface area contributed by atoms with Gasteiger partial charge in [-0.15, -0.1) is 0 Å². The summed E-state index contributed by atoms with van der Waals surface area (Å²) < 4.78 is 45.6. The highest BCUT2D eigenvalue weighted by molar-refractivity contribution is 7.89. The lowest BCUT2D eigenvalue weighted by Gasteiger charge is -2.36. The highest BCUT2D eigenvalue weighted by Gasteiger charge is 2.51. The minimum atomic E-state index is -4.27. The number of benzene rings is 2. The first-order valence-electron chi connectivity index (χ1n) is 10.3. The van der Waals surface area contributed by atoms with Gasteiger partial charge in [-0.05, 0) is 43.7 Å². The van der Waals surface area contributed by atoms with E-state index >= 15 is 0 Å². The van der Waals surface area contributed by atoms with Gasteiger partial charge in [-0.1, -0.05) is 12.1 Å². The number of esters is 1. The van der Waals surface area contributed by atoms with E-state index in [1.165, 1.54) is 31.2 Å². The molecule has 2 atom stereocenters. The molecule has 11 nitrogen and oxygen atoms in total. The molecule has 0 saturated carbocycles. The topological polar surface area (TPSA) is 158 Å². The smallest absolute Gasteiger partial charge is 0.316 e. The second kappa shape index (κ2) is 10.3. The number of nitrogens with zero attached hydrogens (tertiary/aromatic N) is 2. The van der Waals surface area contributed by atoms with Crippen molar-refractivity contribution < 1.29 is 32.3 Å². The van der Waals surface area contributed by atoms with Crippen LogP contribution in [-0.2, 0) is 29.0 Å². The maximum atomic E-state index is 13.3. The Labute approximate surface area is 196 Å². The van der Waals surface area contributed by atoms with E-state index in [1.54, 1.807) is 6.92 Å². The number of nitro benzene ring substituents is 1. The van der Waals surface area contributed by atoms with Crippen molar-refractivity contribution in [1.82, 2.24) is 4.72 Å². The number of ether oxygens (including phenoxy) is 3. The summed E-state index contributed by atoms with van der Waals surface area (Å²) in [7, 11) is -4.27. The van der Waals surface area contributed by atoms with Gasteiger partial charge in [-0.25, -0.2) is 13.1 Å². The average molecular weight is 490 g/mol. The summed E-state index contributed by atoms with van der Waals surface area (Å²) in [6, 6.07) is 11.1. The Balaban J connectivity index is 2.09. The van der Waals surface area contributed by atoms with Crippen molar-refractivity contribution in [2.45, 2.75) is 30.6 Å². The lowest BCUT2D eigenvalue weighted by atomic mass is 9.87. The Morgan fingerprint density at radius 1 is 1.21 bits per heavy atom. The van der Waals surface area contributed by atoms with Gasteiger partial charge in [0.25, 0.3) is 5.69 Å². The summed E-state index contributed by atoms with van der Waals surface area (Å²) in [5.74, 6) is -3.49. The van der Waals surface area contributed by atoms with E-state index in [0.717, 1.165) is 24.3 Å². The van der Waals surface area contributed by atoms with E-state index in [-0.39, 0.29) is 30.4 Å². The van der Waals surface area contributed by atoms with Crippen molar-refractivity contribution in [2.75, 3.05) is 19.8 Å². The summed E-state index contributed by atoms with van der Waals surface area (Å²) >= 11 is 0. The van der Waals surface area contributed by atoms with Crippen LogP contribution in [0.4, 0.5) is 5.69 Å². The van der Waals surface area contributed by atoms with E-state index in [0.29, 0.717) is 11.1 Å². The molecule has 1 saturated heterocycles. The van der Waals surface area contributed by atoms with E-state index < -0.39 is 38.7 Å². The average Bonchev–Trinajstić information content (AvgIpc) is 3.25. The second-order valence-corrected chi connectivity index (χ2v) is 9.24. The molecule has 34 heavy (non-hydrogen) atoms. The van der Waals surface area contributed by atoms with Gasteiger partial charge in [0, 0.05) is 12.1 Å². The van der Waals surface area contributed by atoms with Gasteiger partial charge in [0.15, 0.2) is 5.79 Å². The molecule has 0 aromatic heterocycles. The SMILES string of the molecule is CCOC(=O)C(C(NS(=O)(=O)c1ccc([N+](=O)[O-])cc1)c1ccc(C#N)cc1)C1(C)OCCO1. The van der Waals surface area contributed by atoms with Crippen molar-refractivity contribution in [2.24, 2.45) is 5.92 Å². The molecular weight excluding hydrogens is 466 g/mol. The minimum Gasteiger partial charge on any atom is -0.466 e. The summed E-state index contributed by atoms with van der Waals surface area (Å²) in [4.78, 5) is 23.1. The molecule has 12 heteroatoms. The number of non-ortho nitro benzene ring substituents is 1. The maximum Gasteiger partial charge on any atom is 0.316 e. The Kier molecular flexibility index (Phi) is 7.63. The van der Waals surface area contributed by atoms with Crippen LogP contribution in [0.15, 0.2) is 53.4 Å². The fraction of sp³-hybridized carbons (Fsp3) is 0.364. The molecule has 180 valence electrons. The molecule has 0 spiro atoms. The summed E-state index contributed by atoms with van der Waals surface area (Å²) in [5, 5.41) is 20.0. The number of sulfonamides is 1. The molecule has 0 aliphatic carbocycles. The molecule has 0 bridgehead atoms. The molecule has 1 aliphatic heterocycles. The van der Waals surface area contributed by atoms with Crippen LogP contribution in [0.5, 0.6) is 0 Å². The van der Waals surface area contributed by atoms with Crippen molar-refractivity contribution in [1.29, 1.82) is 5.26 Å². The first-order valence-corrected chi connectivity index (χ1v) is 11.8. The molecule has 3 rings (SSSR count). The molecule has 1 fully saturated rings. The van der Waals surface area contributed by atoms with Crippen LogP contribution in [-0.4, -0.2) is 44.9 Å². The zero-order chi connectivity index (χ0) is 24.9. The van der Waals surface area contributed by atoms with Crippen LogP contribution >= 0.6 is 0 Å². The van der Waals surface area contributed by atoms with E-state index in [4.69, 9.17) is 19.5 Å². The van der Waals surface area contributed by atoms with Gasteiger partial charge in [-0.2, -0.15) is 5.26 Å². The highest BCUT2D eigenvalue weighted by Crippen LogP contribution is 2.39. The molecule has 1 heterocycles. The van der Waals surface area contributed by atoms with Crippen molar-refractivity contribution in [3.63, 3.8) is 0 Å². The zero-order valence-electron chi connectivity index (χ0n) is 18.5. The van der Waals surface area contributed by atoms with Gasteiger partial charge in [0.1, 0.15) is 5.92 Å². The lowest BCUT2D eigenvalue weighted by Crippen LogP contribution is -2.50. The first-order chi connectivity index (χ1) is 16.1. The van der Waals surface area contributed by atoms with Gasteiger partial charge >= 0.3 is 5.97 Å². The Morgan fingerprint density at radius 2 is 1.79 bits per heavy atom. The summed E-state index contributed by atoms with van der Waals surface area (Å²) in [6.07, 6.45) is 0. The van der Waals surface area contributed by atoms with Crippen LogP contribution in [0.3, 0.4) is 0 Å². The standard InChI is InChI=1S/C22H23N3O8S/c1-3-31-21(26)19(22(2)32-12-13-33-22)20(16-6-4-15(14-23)5-7-16)24-34(29,30)18-10-8-17(9-11-18)25(27)28/h4-11,19-20,24H,3,12-13H2,1-2H3. The van der Waals surface area contributed by atoms with E-state index in [1.807, 2.05) is 6.07 Å². The second-order valence-electron chi connectivity index (χ2n) is 7.53. The number of nitro groups is 1. The molecular formula is C22H23N3O8S. The predicted octanol–water partition coefficient (Wildman–Crippen LogP) is 2.43. The van der Waals surface area contributed by atoms with Crippen LogP contribution in [0, 0.1) is 27.4 Å². The normalized spacial score (nSPS) is 16.9. The third-order valence-electron chi connectivity index (χ3n) is 5.34. The van der Waals surface area contributed by atoms with Crippen LogP contribution < -0.4 is 4.72 Å². The molecule has 2 aromatic carbocycles. The maximum absolute atomic E-state index is 13.3. The predicted molar refractivity (Wildman–Crippen MR) is 118 cm³/mol. The number of nitriles is 1. The number of rotatable bonds is 9. The largest absolute Gasteiger partial charge is 0.466 e. The van der Waals surface area contributed by atoms with Crippen LogP contribution in [0.25, 0.3) is 0 Å². The van der Waals surface area contributed by atoms with Gasteiger partial charge < -0.3 is 14.2 Å². The Bertz CT molecular complexity index is 1180. The fourth-order valence-electron chi connectivity index (χ4n) is 3.67. The number of carbonyl (C=O) groups excluding carboxylic acids is 1. The molecule has 1 N–H and O–H groups in total. The minimum absolute atomic E-state index is 0.0423. The number of carbonyl (C=O) groups is 1. The Morgan fingerprint density at radius 3 is 2.29 bits per heavy atom. The van der Waals surface area contributed by atoms with Crippen LogP contribution in [0.2, 0.25) is 0 Å². The van der Waals surface area contributed by atoms with Crippen molar-refractivity contribution >= 4 is 21.7 Å². The monoisotopic (exact) mass is 489 g/mol. The van der Waals surface area contributed by atoms with Crippen molar-refractivity contribution in [3.8, 4) is 6.07 Å². The summed E-state index contributed by atoms with van der Waals surface area (Å²) in [5.41, 5.74) is 0.433. The number of hydrogen-bond donors (Lipinski definition) is 1. The highest BCUT2D eigenvalue weighted by atomic mass is 32.2. The molecule has 0 amide bonds. The number of hydrogen-bond acceptors (Lipinski definition) is 9. The van der Waals surface area contributed by atoms with E-state index in [2.05, 4.69) is 4.72 Å². The van der Waals surface area contributed by atoms with Crippen LogP contribution in [0.1, 0.15) is 31.0 Å². The number of nitrogens with one attached hydrogen (secondary N) is 1. The third-order valence-corrected chi connectivity index (χ3v) is 6.80. The zero-order valence-corrected chi connectivity index (χ0v) is 19.3. The van der Waals surface area contributed by atoms with Gasteiger partial charge in [0.2, 0.25) is 10.0 Å². The molecule has 1 aliphatic rings. The van der Waals surface area contributed by atoms with E-state index in [9.17, 15) is 23.3 Å².